The second-order valence-corrected chi connectivity index (χ2v) is 4.84. The molecule has 1 aromatic heterocycles. The van der Waals surface area contributed by atoms with Crippen LogP contribution in [0.3, 0.4) is 0 Å². The number of benzene rings is 1. The molecule has 1 N–H and O–H groups in total. The van der Waals surface area contributed by atoms with Crippen molar-refractivity contribution in [3.63, 3.8) is 0 Å². The van der Waals surface area contributed by atoms with E-state index in [-0.39, 0.29) is 17.1 Å². The van der Waals surface area contributed by atoms with Crippen molar-refractivity contribution in [2.24, 2.45) is 0 Å². The molecule has 0 saturated heterocycles. The lowest BCUT2D eigenvalue weighted by Crippen LogP contribution is -2.21. The van der Waals surface area contributed by atoms with Crippen molar-refractivity contribution >= 4 is 23.3 Å². The predicted octanol–water partition coefficient (Wildman–Crippen LogP) is 2.32. The number of aromatic nitrogens is 1. The number of nitrogens with one attached hydrogen (secondary N) is 1. The number of pyridine rings is 1. The summed E-state index contributed by atoms with van der Waals surface area (Å²) in [6, 6.07) is 5.81. The van der Waals surface area contributed by atoms with E-state index >= 15 is 0 Å². The van der Waals surface area contributed by atoms with Crippen LogP contribution in [0.4, 0.5) is 15.8 Å². The third kappa shape index (κ3) is 4.72. The van der Waals surface area contributed by atoms with Gasteiger partial charge in [0.05, 0.1) is 11.5 Å². The van der Waals surface area contributed by atoms with Gasteiger partial charge in [-0.05, 0) is 31.2 Å². The fourth-order valence-electron chi connectivity index (χ4n) is 1.93. The van der Waals surface area contributed by atoms with E-state index in [2.05, 4.69) is 10.3 Å². The molecule has 136 valence electrons. The minimum Gasteiger partial charge on any atom is -0.477 e. The van der Waals surface area contributed by atoms with Gasteiger partial charge in [0.2, 0.25) is 11.7 Å². The molecule has 0 radical (unpaired) electrons. The molecule has 0 aliphatic heterocycles. The Morgan fingerprint density at radius 3 is 2.81 bits per heavy atom. The number of nitrogens with zero attached hydrogens (tertiary/aromatic N) is 2. The minimum atomic E-state index is -1.03. The van der Waals surface area contributed by atoms with Gasteiger partial charge in [0.25, 0.3) is 5.91 Å². The van der Waals surface area contributed by atoms with Gasteiger partial charge in [0, 0.05) is 18.0 Å². The van der Waals surface area contributed by atoms with Crippen LogP contribution in [-0.2, 0) is 9.53 Å². The molecule has 1 amide bonds. The summed E-state index contributed by atoms with van der Waals surface area (Å²) < 4.78 is 23.3. The largest absolute Gasteiger partial charge is 0.477 e. The third-order valence-corrected chi connectivity index (χ3v) is 3.03. The van der Waals surface area contributed by atoms with Gasteiger partial charge in [0.1, 0.15) is 5.56 Å². The Balaban J connectivity index is 1.98. The lowest BCUT2D eigenvalue weighted by molar-refractivity contribution is -0.387. The van der Waals surface area contributed by atoms with E-state index in [0.29, 0.717) is 6.61 Å². The first-order valence-corrected chi connectivity index (χ1v) is 7.41. The van der Waals surface area contributed by atoms with Crippen LogP contribution >= 0.6 is 0 Å². The van der Waals surface area contributed by atoms with E-state index in [1.807, 2.05) is 0 Å². The van der Waals surface area contributed by atoms with Gasteiger partial charge in [-0.2, -0.15) is 4.39 Å². The highest BCUT2D eigenvalue weighted by Crippen LogP contribution is 2.21. The highest BCUT2D eigenvalue weighted by Gasteiger charge is 2.18. The first-order chi connectivity index (χ1) is 12.4. The number of esters is 1. The maximum atomic E-state index is 13.3. The summed E-state index contributed by atoms with van der Waals surface area (Å²) >= 11 is 0. The average molecular weight is 363 g/mol. The van der Waals surface area contributed by atoms with Crippen LogP contribution in [0.2, 0.25) is 0 Å². The summed E-state index contributed by atoms with van der Waals surface area (Å²) in [4.78, 5) is 37.5. The number of nitro benzene ring substituents is 1. The van der Waals surface area contributed by atoms with E-state index in [4.69, 9.17) is 9.47 Å². The normalized spacial score (nSPS) is 10.1. The standard InChI is InChI=1S/C16H14FN3O6/c1-2-25-15-11(4-3-7-18-15)16(22)26-9-14(21)19-10-5-6-12(17)13(8-10)20(23)24/h3-8H,2,9H2,1H3,(H,19,21). The van der Waals surface area contributed by atoms with Crippen LogP contribution < -0.4 is 10.1 Å². The molecule has 0 unspecified atom stereocenters. The summed E-state index contributed by atoms with van der Waals surface area (Å²) in [5, 5.41) is 13.0. The van der Waals surface area contributed by atoms with E-state index in [1.165, 1.54) is 18.3 Å². The third-order valence-electron chi connectivity index (χ3n) is 3.03. The van der Waals surface area contributed by atoms with Crippen LogP contribution in [0.1, 0.15) is 17.3 Å². The van der Waals surface area contributed by atoms with Crippen molar-refractivity contribution in [3.05, 3.63) is 58.0 Å². The van der Waals surface area contributed by atoms with Gasteiger partial charge >= 0.3 is 11.7 Å². The van der Waals surface area contributed by atoms with Crippen molar-refractivity contribution in [2.75, 3.05) is 18.5 Å². The molecule has 0 fully saturated rings. The Kier molecular flexibility index (Phi) is 6.15. The molecule has 10 heteroatoms. The number of hydrogen-bond acceptors (Lipinski definition) is 7. The number of ether oxygens (including phenoxy) is 2. The van der Waals surface area contributed by atoms with Crippen molar-refractivity contribution in [2.45, 2.75) is 6.92 Å². The van der Waals surface area contributed by atoms with E-state index in [1.54, 1.807) is 6.92 Å². The Labute approximate surface area is 146 Å². The van der Waals surface area contributed by atoms with Crippen LogP contribution in [0.15, 0.2) is 36.5 Å². The Hall–Kier alpha value is -3.56. The monoisotopic (exact) mass is 363 g/mol. The van der Waals surface area contributed by atoms with E-state index < -0.39 is 34.9 Å². The van der Waals surface area contributed by atoms with Crippen LogP contribution in [0.5, 0.6) is 5.88 Å². The number of hydrogen-bond donors (Lipinski definition) is 1. The minimum absolute atomic E-state index is 0.00414. The van der Waals surface area contributed by atoms with Gasteiger partial charge in [-0.1, -0.05) is 0 Å². The molecule has 9 nitrogen and oxygen atoms in total. The van der Waals surface area contributed by atoms with Crippen molar-refractivity contribution in [1.29, 1.82) is 0 Å². The highest BCUT2D eigenvalue weighted by atomic mass is 19.1. The summed E-state index contributed by atoms with van der Waals surface area (Å²) in [5.74, 6) is -2.52. The molecule has 0 saturated carbocycles. The first kappa shape index (κ1) is 18.8. The zero-order chi connectivity index (χ0) is 19.1. The number of rotatable bonds is 7. The molecule has 26 heavy (non-hydrogen) atoms. The molecule has 1 aromatic carbocycles. The molecule has 2 rings (SSSR count). The topological polar surface area (TPSA) is 121 Å². The van der Waals surface area contributed by atoms with Gasteiger partial charge in [-0.3, -0.25) is 14.9 Å². The van der Waals surface area contributed by atoms with Crippen molar-refractivity contribution in [1.82, 2.24) is 4.98 Å². The summed E-state index contributed by atoms with van der Waals surface area (Å²) in [5.41, 5.74) is -0.730. The second-order valence-electron chi connectivity index (χ2n) is 4.84. The number of nitro groups is 1. The molecule has 1 heterocycles. The lowest BCUT2D eigenvalue weighted by Gasteiger charge is -2.09. The second kappa shape index (κ2) is 8.51. The molecular weight excluding hydrogens is 349 g/mol. The molecule has 0 spiro atoms. The Bertz CT molecular complexity index is 842. The number of halogens is 1. The molecule has 0 aliphatic rings. The molecular formula is C16H14FN3O6. The van der Waals surface area contributed by atoms with E-state index in [0.717, 1.165) is 18.2 Å². The SMILES string of the molecule is CCOc1ncccc1C(=O)OCC(=O)Nc1ccc(F)c([N+](=O)[O-])c1. The zero-order valence-electron chi connectivity index (χ0n) is 13.6. The quantitative estimate of drug-likeness (QED) is 0.455. The summed E-state index contributed by atoms with van der Waals surface area (Å²) in [7, 11) is 0. The molecule has 2 aromatic rings. The van der Waals surface area contributed by atoms with Gasteiger partial charge < -0.3 is 14.8 Å². The Morgan fingerprint density at radius 1 is 1.35 bits per heavy atom. The van der Waals surface area contributed by atoms with Gasteiger partial charge in [0.15, 0.2) is 6.61 Å². The summed E-state index contributed by atoms with van der Waals surface area (Å²) in [6.07, 6.45) is 1.44. The number of anilines is 1. The van der Waals surface area contributed by atoms with Gasteiger partial charge in [-0.25, -0.2) is 9.78 Å². The number of carbonyl (C=O) groups is 2. The maximum absolute atomic E-state index is 13.3. The molecule has 0 aliphatic carbocycles. The summed E-state index contributed by atoms with van der Waals surface area (Å²) in [6.45, 7) is 1.37. The number of carbonyl (C=O) groups excluding carboxylic acids is 2. The fourth-order valence-corrected chi connectivity index (χ4v) is 1.93. The van der Waals surface area contributed by atoms with Crippen molar-refractivity contribution in [3.8, 4) is 5.88 Å². The Morgan fingerprint density at radius 2 is 2.12 bits per heavy atom. The average Bonchev–Trinajstić information content (AvgIpc) is 2.62. The van der Waals surface area contributed by atoms with Crippen LogP contribution in [0.25, 0.3) is 0 Å². The molecule has 0 atom stereocenters. The fraction of sp³-hybridized carbons (Fsp3) is 0.188. The molecule has 0 bridgehead atoms. The maximum Gasteiger partial charge on any atom is 0.344 e. The first-order valence-electron chi connectivity index (χ1n) is 7.41. The van der Waals surface area contributed by atoms with E-state index in [9.17, 15) is 24.1 Å². The van der Waals surface area contributed by atoms with Crippen molar-refractivity contribution < 1.29 is 28.4 Å². The lowest BCUT2D eigenvalue weighted by atomic mass is 10.2. The predicted molar refractivity (Wildman–Crippen MR) is 87.4 cm³/mol. The zero-order valence-corrected chi connectivity index (χ0v) is 13.6. The number of amides is 1. The van der Waals surface area contributed by atoms with Crippen LogP contribution in [-0.4, -0.2) is 35.0 Å². The van der Waals surface area contributed by atoms with Gasteiger partial charge in [-0.15, -0.1) is 0 Å². The smallest absolute Gasteiger partial charge is 0.344 e. The highest BCUT2D eigenvalue weighted by molar-refractivity contribution is 5.96. The van der Waals surface area contributed by atoms with Crippen LogP contribution in [0, 0.1) is 15.9 Å².